The van der Waals surface area contributed by atoms with Crippen molar-refractivity contribution in [3.05, 3.63) is 38.3 Å². The first kappa shape index (κ1) is 14.3. The maximum Gasteiger partial charge on any atom is 0.406 e. The summed E-state index contributed by atoms with van der Waals surface area (Å²) in [5.74, 6) is 0. The van der Waals surface area contributed by atoms with Gasteiger partial charge in [-0.2, -0.15) is 13.2 Å². The van der Waals surface area contributed by atoms with Crippen LogP contribution < -0.4 is 5.32 Å². The molecule has 0 aromatic heterocycles. The van der Waals surface area contributed by atoms with Crippen molar-refractivity contribution in [2.45, 2.75) is 31.1 Å². The fraction of sp³-hybridized carbons (Fsp3) is 0.455. The fourth-order valence-corrected chi connectivity index (χ4v) is 2.16. The van der Waals surface area contributed by atoms with Crippen molar-refractivity contribution in [3.63, 3.8) is 0 Å². The highest BCUT2D eigenvalue weighted by Gasteiger charge is 2.63. The van der Waals surface area contributed by atoms with Crippen LogP contribution in [0.2, 0.25) is 0 Å². The number of alkyl halides is 3. The van der Waals surface area contributed by atoms with Crippen molar-refractivity contribution in [2.75, 3.05) is 0 Å². The van der Waals surface area contributed by atoms with Crippen molar-refractivity contribution >= 4 is 21.6 Å². The Morgan fingerprint density at radius 3 is 2.53 bits per heavy atom. The second-order valence-corrected chi connectivity index (χ2v) is 5.38. The number of rotatable bonds is 4. The average molecular weight is 339 g/mol. The minimum Gasteiger partial charge on any atom is -0.299 e. The van der Waals surface area contributed by atoms with Gasteiger partial charge in [0.25, 0.3) is 5.69 Å². The third kappa shape index (κ3) is 2.89. The molecule has 8 heteroatoms. The van der Waals surface area contributed by atoms with Crippen LogP contribution in [0.3, 0.4) is 0 Å². The molecule has 0 aliphatic heterocycles. The van der Waals surface area contributed by atoms with Crippen LogP contribution in [0.5, 0.6) is 0 Å². The Labute approximate surface area is 115 Å². The predicted octanol–water partition coefficient (Wildman–Crippen LogP) is 3.54. The molecular formula is C11H10BrF3N2O2. The van der Waals surface area contributed by atoms with Gasteiger partial charge in [0.2, 0.25) is 0 Å². The van der Waals surface area contributed by atoms with Gasteiger partial charge in [-0.15, -0.1) is 0 Å². The molecule has 0 radical (unpaired) electrons. The van der Waals surface area contributed by atoms with E-state index in [9.17, 15) is 23.3 Å². The SMILES string of the molecule is O=[N+]([O-])c1cc(Br)ccc1CNC1(C(F)(F)F)CC1. The normalized spacial score (nSPS) is 17.3. The number of benzene rings is 1. The standard InChI is InChI=1S/C11H10BrF3N2O2/c12-8-2-1-7(9(5-8)17(18)19)6-16-10(3-4-10)11(13,14)15/h1-2,5,16H,3-4,6H2. The summed E-state index contributed by atoms with van der Waals surface area (Å²) in [6.45, 7) is -0.177. The molecule has 0 unspecified atom stereocenters. The zero-order valence-electron chi connectivity index (χ0n) is 9.63. The van der Waals surface area contributed by atoms with Crippen molar-refractivity contribution in [1.82, 2.24) is 5.32 Å². The van der Waals surface area contributed by atoms with E-state index in [-0.39, 0.29) is 30.6 Å². The van der Waals surface area contributed by atoms with Gasteiger partial charge >= 0.3 is 6.18 Å². The molecule has 1 aliphatic carbocycles. The Morgan fingerprint density at radius 1 is 1.42 bits per heavy atom. The zero-order valence-corrected chi connectivity index (χ0v) is 11.2. The molecule has 0 atom stereocenters. The fourth-order valence-electron chi connectivity index (χ4n) is 1.81. The van der Waals surface area contributed by atoms with Crippen LogP contribution >= 0.6 is 15.9 Å². The van der Waals surface area contributed by atoms with Crippen LogP contribution in [0.4, 0.5) is 18.9 Å². The quantitative estimate of drug-likeness (QED) is 0.674. The molecule has 0 amide bonds. The Kier molecular flexibility index (Phi) is 3.57. The number of halogens is 4. The van der Waals surface area contributed by atoms with Crippen LogP contribution in [-0.4, -0.2) is 16.6 Å². The summed E-state index contributed by atoms with van der Waals surface area (Å²) in [7, 11) is 0. The lowest BCUT2D eigenvalue weighted by molar-refractivity contribution is -0.385. The number of nitrogens with zero attached hydrogens (tertiary/aromatic N) is 1. The summed E-state index contributed by atoms with van der Waals surface area (Å²) in [5.41, 5.74) is -1.82. The first-order chi connectivity index (χ1) is 8.75. The molecule has 1 aromatic carbocycles. The number of hydrogen-bond acceptors (Lipinski definition) is 3. The summed E-state index contributed by atoms with van der Waals surface area (Å²) in [4.78, 5) is 10.2. The van der Waals surface area contributed by atoms with Crippen LogP contribution in [0.1, 0.15) is 18.4 Å². The molecular weight excluding hydrogens is 329 g/mol. The summed E-state index contributed by atoms with van der Waals surface area (Å²) < 4.78 is 38.7. The van der Waals surface area contributed by atoms with Gasteiger partial charge in [-0.25, -0.2) is 0 Å². The van der Waals surface area contributed by atoms with E-state index < -0.39 is 16.6 Å². The van der Waals surface area contributed by atoms with E-state index in [2.05, 4.69) is 21.2 Å². The van der Waals surface area contributed by atoms with E-state index in [1.807, 2.05) is 0 Å². The molecule has 0 bridgehead atoms. The first-order valence-electron chi connectivity index (χ1n) is 5.50. The van der Waals surface area contributed by atoms with E-state index in [0.717, 1.165) is 0 Å². The minimum absolute atomic E-state index is 0.0147. The molecule has 1 fully saturated rings. The van der Waals surface area contributed by atoms with Gasteiger partial charge in [0, 0.05) is 22.6 Å². The number of nitrogens with one attached hydrogen (secondary N) is 1. The molecule has 0 spiro atoms. The lowest BCUT2D eigenvalue weighted by Crippen LogP contribution is -2.44. The minimum atomic E-state index is -4.32. The van der Waals surface area contributed by atoms with Crippen LogP contribution in [0.15, 0.2) is 22.7 Å². The van der Waals surface area contributed by atoms with E-state index in [4.69, 9.17) is 0 Å². The maximum absolute atomic E-state index is 12.7. The van der Waals surface area contributed by atoms with Crippen LogP contribution in [0, 0.1) is 10.1 Å². The zero-order chi connectivity index (χ0) is 14.3. The Bertz CT molecular complexity index is 515. The molecule has 4 nitrogen and oxygen atoms in total. The third-order valence-corrected chi connectivity index (χ3v) is 3.65. The molecule has 1 aromatic rings. The van der Waals surface area contributed by atoms with Crippen LogP contribution in [-0.2, 0) is 6.54 Å². The topological polar surface area (TPSA) is 55.2 Å². The third-order valence-electron chi connectivity index (χ3n) is 3.15. The highest BCUT2D eigenvalue weighted by Crippen LogP contribution is 2.49. The predicted molar refractivity (Wildman–Crippen MR) is 65.7 cm³/mol. The molecule has 1 aliphatic rings. The number of hydrogen-bond donors (Lipinski definition) is 1. The van der Waals surface area contributed by atoms with E-state index in [1.165, 1.54) is 12.1 Å². The lowest BCUT2D eigenvalue weighted by atomic mass is 10.1. The summed E-state index contributed by atoms with van der Waals surface area (Å²) in [6, 6.07) is 4.29. The van der Waals surface area contributed by atoms with Crippen molar-refractivity contribution in [2.24, 2.45) is 0 Å². The van der Waals surface area contributed by atoms with Gasteiger partial charge in [-0.1, -0.05) is 15.9 Å². The smallest absolute Gasteiger partial charge is 0.299 e. The van der Waals surface area contributed by atoms with Gasteiger partial charge in [-0.05, 0) is 25.0 Å². The van der Waals surface area contributed by atoms with Gasteiger partial charge in [0.1, 0.15) is 5.54 Å². The Hall–Kier alpha value is -1.15. The van der Waals surface area contributed by atoms with Crippen LogP contribution in [0.25, 0.3) is 0 Å². The van der Waals surface area contributed by atoms with Gasteiger partial charge < -0.3 is 0 Å². The highest BCUT2D eigenvalue weighted by atomic mass is 79.9. The largest absolute Gasteiger partial charge is 0.406 e. The summed E-state index contributed by atoms with van der Waals surface area (Å²) >= 11 is 3.09. The Balaban J connectivity index is 2.15. The average Bonchev–Trinajstić information content (AvgIpc) is 3.07. The second kappa shape index (κ2) is 4.75. The van der Waals surface area contributed by atoms with Gasteiger partial charge in [-0.3, -0.25) is 15.4 Å². The summed E-state index contributed by atoms with van der Waals surface area (Å²) in [6.07, 6.45) is -4.29. The highest BCUT2D eigenvalue weighted by molar-refractivity contribution is 9.10. The number of nitro benzene ring substituents is 1. The van der Waals surface area contributed by atoms with Crippen molar-refractivity contribution in [1.29, 1.82) is 0 Å². The Morgan fingerprint density at radius 2 is 2.05 bits per heavy atom. The van der Waals surface area contributed by atoms with Crippen molar-refractivity contribution < 1.29 is 18.1 Å². The number of nitro groups is 1. The van der Waals surface area contributed by atoms with E-state index >= 15 is 0 Å². The molecule has 1 N–H and O–H groups in total. The monoisotopic (exact) mass is 338 g/mol. The lowest BCUT2D eigenvalue weighted by Gasteiger charge is -2.20. The molecule has 19 heavy (non-hydrogen) atoms. The molecule has 1 saturated carbocycles. The van der Waals surface area contributed by atoms with E-state index in [1.54, 1.807) is 6.07 Å². The molecule has 0 saturated heterocycles. The summed E-state index contributed by atoms with van der Waals surface area (Å²) in [5, 5.41) is 13.2. The second-order valence-electron chi connectivity index (χ2n) is 4.46. The van der Waals surface area contributed by atoms with Gasteiger partial charge in [0.15, 0.2) is 0 Å². The maximum atomic E-state index is 12.7. The molecule has 104 valence electrons. The van der Waals surface area contributed by atoms with E-state index in [0.29, 0.717) is 4.47 Å². The van der Waals surface area contributed by atoms with Crippen molar-refractivity contribution in [3.8, 4) is 0 Å². The molecule has 0 heterocycles. The molecule has 2 rings (SSSR count). The van der Waals surface area contributed by atoms with Gasteiger partial charge in [0.05, 0.1) is 4.92 Å². The first-order valence-corrected chi connectivity index (χ1v) is 6.29.